The van der Waals surface area contributed by atoms with Gasteiger partial charge in [0, 0.05) is 18.0 Å². The van der Waals surface area contributed by atoms with Gasteiger partial charge in [-0.3, -0.25) is 9.59 Å². The highest BCUT2D eigenvalue weighted by Gasteiger charge is 2.23. The van der Waals surface area contributed by atoms with Crippen LogP contribution in [0.15, 0.2) is 55.1 Å². The number of benzene rings is 1. The Hall–Kier alpha value is -3.48. The van der Waals surface area contributed by atoms with Gasteiger partial charge in [0.2, 0.25) is 0 Å². The predicted octanol–water partition coefficient (Wildman–Crippen LogP) is 2.46. The Morgan fingerprint density at radius 1 is 1.15 bits per heavy atom. The Labute approximate surface area is 156 Å². The summed E-state index contributed by atoms with van der Waals surface area (Å²) in [4.78, 5) is 32.3. The summed E-state index contributed by atoms with van der Waals surface area (Å²) in [6.07, 6.45) is 4.89. The molecule has 3 rings (SSSR count). The van der Waals surface area contributed by atoms with Crippen LogP contribution in [0.5, 0.6) is 0 Å². The maximum Gasteiger partial charge on any atom is 0.312 e. The zero-order valence-corrected chi connectivity index (χ0v) is 14.9. The Bertz CT molecular complexity index is 946. The average molecular weight is 364 g/mol. The fourth-order valence-corrected chi connectivity index (χ4v) is 2.75. The van der Waals surface area contributed by atoms with E-state index >= 15 is 0 Å². The molecule has 2 heterocycles. The zero-order valence-electron chi connectivity index (χ0n) is 14.9. The standard InChI is InChI=1S/C20H20N4O3/c1-13-2-5-15(6-3-13)18(25)11-24-10-17(23-12-24)16(20(26)27)8-14-4-7-19(21)22-9-14/h2-7,9-10,12,16H,8,11H2,1H3,(H2,21,22)(H,26,27). The molecule has 0 saturated carbocycles. The van der Waals surface area contributed by atoms with Crippen molar-refractivity contribution in [3.63, 3.8) is 0 Å². The molecule has 1 aromatic carbocycles. The number of pyridine rings is 1. The van der Waals surface area contributed by atoms with E-state index in [2.05, 4.69) is 9.97 Å². The van der Waals surface area contributed by atoms with Crippen LogP contribution in [-0.2, 0) is 17.8 Å². The van der Waals surface area contributed by atoms with Crippen LogP contribution in [0, 0.1) is 6.92 Å². The number of aryl methyl sites for hydroxylation is 1. The molecule has 2 aromatic heterocycles. The molecule has 0 saturated heterocycles. The van der Waals surface area contributed by atoms with Crippen molar-refractivity contribution in [3.8, 4) is 0 Å². The van der Waals surface area contributed by atoms with E-state index < -0.39 is 11.9 Å². The SMILES string of the molecule is Cc1ccc(C(=O)Cn2cnc(C(Cc3ccc(N)nc3)C(=O)O)c2)cc1. The zero-order chi connectivity index (χ0) is 19.4. The lowest BCUT2D eigenvalue weighted by atomic mass is 9.98. The molecule has 0 spiro atoms. The summed E-state index contributed by atoms with van der Waals surface area (Å²) in [7, 11) is 0. The number of hydrogen-bond donors (Lipinski definition) is 2. The molecular weight excluding hydrogens is 344 g/mol. The minimum atomic E-state index is -0.984. The Kier molecular flexibility index (Phi) is 5.30. The van der Waals surface area contributed by atoms with Crippen LogP contribution in [-0.4, -0.2) is 31.4 Å². The number of hydrogen-bond acceptors (Lipinski definition) is 5. The van der Waals surface area contributed by atoms with Gasteiger partial charge < -0.3 is 15.4 Å². The third-order valence-electron chi connectivity index (χ3n) is 4.30. The van der Waals surface area contributed by atoms with Crippen molar-refractivity contribution >= 4 is 17.6 Å². The van der Waals surface area contributed by atoms with Crippen molar-refractivity contribution in [1.82, 2.24) is 14.5 Å². The molecular formula is C20H20N4O3. The van der Waals surface area contributed by atoms with Crippen LogP contribution in [0.4, 0.5) is 5.82 Å². The summed E-state index contributed by atoms with van der Waals surface area (Å²) in [5.74, 6) is -1.49. The highest BCUT2D eigenvalue weighted by molar-refractivity contribution is 5.95. The van der Waals surface area contributed by atoms with Crippen LogP contribution in [0.3, 0.4) is 0 Å². The molecule has 0 amide bonds. The first-order chi connectivity index (χ1) is 12.9. The number of Topliss-reactive ketones (excluding diaryl/α,β-unsaturated/α-hetero) is 1. The monoisotopic (exact) mass is 364 g/mol. The molecule has 1 atom stereocenters. The summed E-state index contributed by atoms with van der Waals surface area (Å²) in [5.41, 5.74) is 8.40. The number of rotatable bonds is 7. The number of aliphatic carboxylic acids is 1. The van der Waals surface area contributed by atoms with Crippen molar-refractivity contribution in [3.05, 3.63) is 77.5 Å². The molecule has 0 radical (unpaired) electrons. The van der Waals surface area contributed by atoms with E-state index in [1.54, 1.807) is 41.2 Å². The van der Waals surface area contributed by atoms with E-state index in [9.17, 15) is 14.7 Å². The quantitative estimate of drug-likeness (QED) is 0.623. The molecule has 0 bridgehead atoms. The fourth-order valence-electron chi connectivity index (χ4n) is 2.75. The Morgan fingerprint density at radius 2 is 1.89 bits per heavy atom. The lowest BCUT2D eigenvalue weighted by Gasteiger charge is -2.09. The number of anilines is 1. The molecule has 0 aliphatic heterocycles. The van der Waals surface area contributed by atoms with Gasteiger partial charge in [0.1, 0.15) is 11.7 Å². The van der Waals surface area contributed by atoms with Crippen LogP contribution in [0.2, 0.25) is 0 Å². The Balaban J connectivity index is 1.73. The van der Waals surface area contributed by atoms with E-state index in [0.29, 0.717) is 17.1 Å². The minimum Gasteiger partial charge on any atom is -0.481 e. The molecule has 3 N–H and O–H groups in total. The molecule has 138 valence electrons. The molecule has 0 fully saturated rings. The third kappa shape index (κ3) is 4.58. The molecule has 7 heteroatoms. The number of carbonyl (C=O) groups is 2. The fraction of sp³-hybridized carbons (Fsp3) is 0.200. The minimum absolute atomic E-state index is 0.0615. The topological polar surface area (TPSA) is 111 Å². The Morgan fingerprint density at radius 3 is 2.52 bits per heavy atom. The van der Waals surface area contributed by atoms with E-state index in [0.717, 1.165) is 11.1 Å². The average Bonchev–Trinajstić information content (AvgIpc) is 3.09. The first kappa shape index (κ1) is 18.3. The van der Waals surface area contributed by atoms with Crippen LogP contribution >= 0.6 is 0 Å². The number of carboxylic acids is 1. The van der Waals surface area contributed by atoms with E-state index in [-0.39, 0.29) is 18.7 Å². The third-order valence-corrected chi connectivity index (χ3v) is 4.30. The summed E-state index contributed by atoms with van der Waals surface area (Å²) in [6.45, 7) is 2.06. The van der Waals surface area contributed by atoms with Gasteiger partial charge in [0.25, 0.3) is 0 Å². The smallest absolute Gasteiger partial charge is 0.312 e. The van der Waals surface area contributed by atoms with Gasteiger partial charge in [0.05, 0.1) is 18.6 Å². The van der Waals surface area contributed by atoms with Gasteiger partial charge >= 0.3 is 5.97 Å². The maximum atomic E-state index is 12.4. The summed E-state index contributed by atoms with van der Waals surface area (Å²) < 4.78 is 1.61. The molecule has 0 aliphatic carbocycles. The number of carboxylic acid groups (broad SMARTS) is 1. The number of nitrogen functional groups attached to an aromatic ring is 1. The van der Waals surface area contributed by atoms with Crippen molar-refractivity contribution < 1.29 is 14.7 Å². The second-order valence-electron chi connectivity index (χ2n) is 6.45. The molecule has 1 unspecified atom stereocenters. The maximum absolute atomic E-state index is 12.4. The van der Waals surface area contributed by atoms with Gasteiger partial charge in [0.15, 0.2) is 5.78 Å². The molecule has 3 aromatic rings. The van der Waals surface area contributed by atoms with E-state index in [1.807, 2.05) is 19.1 Å². The highest BCUT2D eigenvalue weighted by Crippen LogP contribution is 2.20. The van der Waals surface area contributed by atoms with Crippen molar-refractivity contribution in [2.45, 2.75) is 25.8 Å². The molecule has 27 heavy (non-hydrogen) atoms. The number of aromatic nitrogens is 3. The van der Waals surface area contributed by atoms with Crippen molar-refractivity contribution in [1.29, 1.82) is 0 Å². The van der Waals surface area contributed by atoms with Gasteiger partial charge in [-0.15, -0.1) is 0 Å². The van der Waals surface area contributed by atoms with E-state index in [1.165, 1.54) is 6.33 Å². The van der Waals surface area contributed by atoms with Gasteiger partial charge in [-0.1, -0.05) is 35.9 Å². The number of ketones is 1. The summed E-state index contributed by atoms with van der Waals surface area (Å²) in [5, 5.41) is 9.58. The first-order valence-electron chi connectivity index (χ1n) is 8.47. The first-order valence-corrected chi connectivity index (χ1v) is 8.47. The lowest BCUT2D eigenvalue weighted by molar-refractivity contribution is -0.138. The van der Waals surface area contributed by atoms with Gasteiger partial charge in [-0.05, 0) is 25.0 Å². The number of carbonyl (C=O) groups excluding carboxylic acids is 1. The molecule has 0 aliphatic rings. The van der Waals surface area contributed by atoms with Crippen molar-refractivity contribution in [2.24, 2.45) is 0 Å². The second-order valence-corrected chi connectivity index (χ2v) is 6.45. The lowest BCUT2D eigenvalue weighted by Crippen LogP contribution is -2.15. The van der Waals surface area contributed by atoms with Crippen LogP contribution in [0.25, 0.3) is 0 Å². The van der Waals surface area contributed by atoms with Gasteiger partial charge in [-0.2, -0.15) is 0 Å². The summed E-state index contributed by atoms with van der Waals surface area (Å²) >= 11 is 0. The number of nitrogens with zero attached hydrogens (tertiary/aromatic N) is 3. The van der Waals surface area contributed by atoms with E-state index in [4.69, 9.17) is 5.73 Å². The number of nitrogens with two attached hydrogens (primary N) is 1. The highest BCUT2D eigenvalue weighted by atomic mass is 16.4. The predicted molar refractivity (Wildman–Crippen MR) is 100 cm³/mol. The van der Waals surface area contributed by atoms with Crippen molar-refractivity contribution in [2.75, 3.05) is 5.73 Å². The van der Waals surface area contributed by atoms with Crippen LogP contribution < -0.4 is 5.73 Å². The second kappa shape index (κ2) is 7.82. The largest absolute Gasteiger partial charge is 0.481 e. The summed E-state index contributed by atoms with van der Waals surface area (Å²) in [6, 6.07) is 10.7. The van der Waals surface area contributed by atoms with Crippen LogP contribution in [0.1, 0.15) is 33.1 Å². The normalized spacial score (nSPS) is 11.9. The number of imidazole rings is 1. The molecule has 7 nitrogen and oxygen atoms in total. The van der Waals surface area contributed by atoms with Gasteiger partial charge in [-0.25, -0.2) is 9.97 Å².